The van der Waals surface area contributed by atoms with Crippen molar-refractivity contribution in [1.82, 2.24) is 0 Å². The standard InChI is InChI=1S/C15H15ClFNS/c1-10(18)8-11-4-2-7-14(16)15(11)19-13-6-3-5-12(17)9-13/h2-7,9-10H,8,18H2,1H3. The van der Waals surface area contributed by atoms with Crippen molar-refractivity contribution in [3.8, 4) is 0 Å². The molecule has 4 heteroatoms. The summed E-state index contributed by atoms with van der Waals surface area (Å²) in [6.45, 7) is 1.96. The maximum atomic E-state index is 13.2. The van der Waals surface area contributed by atoms with Gasteiger partial charge in [-0.3, -0.25) is 0 Å². The maximum absolute atomic E-state index is 13.2. The lowest BCUT2D eigenvalue weighted by Gasteiger charge is -2.13. The van der Waals surface area contributed by atoms with Crippen LogP contribution in [0.2, 0.25) is 5.02 Å². The first-order chi connectivity index (χ1) is 9.06. The lowest BCUT2D eigenvalue weighted by atomic mass is 10.1. The Labute approximate surface area is 122 Å². The number of rotatable bonds is 4. The van der Waals surface area contributed by atoms with Crippen LogP contribution in [0.5, 0.6) is 0 Å². The monoisotopic (exact) mass is 295 g/mol. The number of nitrogens with two attached hydrogens (primary N) is 1. The van der Waals surface area contributed by atoms with Gasteiger partial charge in [-0.05, 0) is 43.2 Å². The molecular formula is C15H15ClFNS. The smallest absolute Gasteiger partial charge is 0.124 e. The van der Waals surface area contributed by atoms with E-state index in [9.17, 15) is 4.39 Å². The van der Waals surface area contributed by atoms with Crippen LogP contribution >= 0.6 is 23.4 Å². The zero-order valence-corrected chi connectivity index (χ0v) is 12.1. The topological polar surface area (TPSA) is 26.0 Å². The summed E-state index contributed by atoms with van der Waals surface area (Å²) >= 11 is 7.72. The van der Waals surface area contributed by atoms with Crippen molar-refractivity contribution in [2.24, 2.45) is 5.73 Å². The van der Waals surface area contributed by atoms with Crippen LogP contribution in [0.3, 0.4) is 0 Å². The Balaban J connectivity index is 2.33. The van der Waals surface area contributed by atoms with Crippen LogP contribution in [0.25, 0.3) is 0 Å². The number of benzene rings is 2. The van der Waals surface area contributed by atoms with E-state index in [-0.39, 0.29) is 11.9 Å². The van der Waals surface area contributed by atoms with E-state index >= 15 is 0 Å². The molecule has 0 radical (unpaired) electrons. The predicted octanol–water partition coefficient (Wildman–Crippen LogP) is 4.52. The Kier molecular flexibility index (Phi) is 4.86. The van der Waals surface area contributed by atoms with Crippen LogP contribution in [0.1, 0.15) is 12.5 Å². The molecule has 0 heterocycles. The van der Waals surface area contributed by atoms with Gasteiger partial charge in [0.25, 0.3) is 0 Å². The van der Waals surface area contributed by atoms with Crippen molar-refractivity contribution >= 4 is 23.4 Å². The largest absolute Gasteiger partial charge is 0.328 e. The molecule has 0 saturated heterocycles. The molecular weight excluding hydrogens is 281 g/mol. The van der Waals surface area contributed by atoms with Gasteiger partial charge in [0.05, 0.1) is 5.02 Å². The Morgan fingerprint density at radius 3 is 2.68 bits per heavy atom. The first kappa shape index (κ1) is 14.4. The highest BCUT2D eigenvalue weighted by Gasteiger charge is 2.10. The molecule has 1 unspecified atom stereocenters. The van der Waals surface area contributed by atoms with E-state index in [1.165, 1.54) is 23.9 Å². The zero-order valence-electron chi connectivity index (χ0n) is 10.6. The van der Waals surface area contributed by atoms with Crippen LogP contribution in [0.15, 0.2) is 52.3 Å². The summed E-state index contributed by atoms with van der Waals surface area (Å²) in [5, 5.41) is 0.674. The van der Waals surface area contributed by atoms with Crippen LogP contribution in [-0.4, -0.2) is 6.04 Å². The van der Waals surface area contributed by atoms with Crippen molar-refractivity contribution in [1.29, 1.82) is 0 Å². The molecule has 0 aliphatic rings. The summed E-state index contributed by atoms with van der Waals surface area (Å²) in [4.78, 5) is 1.78. The van der Waals surface area contributed by atoms with E-state index in [4.69, 9.17) is 17.3 Å². The Morgan fingerprint density at radius 1 is 1.26 bits per heavy atom. The minimum atomic E-state index is -0.245. The number of hydrogen-bond acceptors (Lipinski definition) is 2. The molecule has 19 heavy (non-hydrogen) atoms. The fourth-order valence-electron chi connectivity index (χ4n) is 1.82. The molecule has 1 nitrogen and oxygen atoms in total. The SMILES string of the molecule is CC(N)Cc1cccc(Cl)c1Sc1cccc(F)c1. The summed E-state index contributed by atoms with van der Waals surface area (Å²) in [6, 6.07) is 12.3. The molecule has 1 atom stereocenters. The van der Waals surface area contributed by atoms with Gasteiger partial charge < -0.3 is 5.73 Å². The highest BCUT2D eigenvalue weighted by molar-refractivity contribution is 7.99. The quantitative estimate of drug-likeness (QED) is 0.897. The molecule has 0 aliphatic carbocycles. The van der Waals surface area contributed by atoms with Crippen LogP contribution in [-0.2, 0) is 6.42 Å². The van der Waals surface area contributed by atoms with Crippen molar-refractivity contribution in [3.05, 3.63) is 58.9 Å². The number of hydrogen-bond donors (Lipinski definition) is 1. The van der Waals surface area contributed by atoms with E-state index < -0.39 is 0 Å². The van der Waals surface area contributed by atoms with Gasteiger partial charge in [0.1, 0.15) is 5.82 Å². The summed E-state index contributed by atoms with van der Waals surface area (Å²) < 4.78 is 13.2. The molecule has 0 spiro atoms. The van der Waals surface area contributed by atoms with Crippen LogP contribution < -0.4 is 5.73 Å². The second-order valence-corrected chi connectivity index (χ2v) is 5.96. The maximum Gasteiger partial charge on any atom is 0.124 e. The molecule has 0 bridgehead atoms. The van der Waals surface area contributed by atoms with Crippen LogP contribution in [0.4, 0.5) is 4.39 Å². The van der Waals surface area contributed by atoms with E-state index in [1.807, 2.05) is 31.2 Å². The first-order valence-corrected chi connectivity index (χ1v) is 7.22. The van der Waals surface area contributed by atoms with Gasteiger partial charge in [-0.15, -0.1) is 0 Å². The lowest BCUT2D eigenvalue weighted by molar-refractivity contribution is 0.624. The normalized spacial score (nSPS) is 12.4. The number of halogens is 2. The minimum absolute atomic E-state index is 0.0605. The van der Waals surface area contributed by atoms with Gasteiger partial charge in [-0.2, -0.15) is 0 Å². The molecule has 2 N–H and O–H groups in total. The molecule has 2 aromatic carbocycles. The van der Waals surface area contributed by atoms with Gasteiger partial charge in [0, 0.05) is 15.8 Å². The Hall–Kier alpha value is -1.03. The minimum Gasteiger partial charge on any atom is -0.328 e. The lowest BCUT2D eigenvalue weighted by Crippen LogP contribution is -2.18. The molecule has 0 amide bonds. The molecule has 2 aromatic rings. The Morgan fingerprint density at radius 2 is 2.00 bits per heavy atom. The molecule has 2 rings (SSSR count). The highest BCUT2D eigenvalue weighted by Crippen LogP contribution is 2.36. The van der Waals surface area contributed by atoms with Gasteiger partial charge in [0.2, 0.25) is 0 Å². The van der Waals surface area contributed by atoms with Crippen molar-refractivity contribution in [3.63, 3.8) is 0 Å². The molecule has 0 aliphatic heterocycles. The van der Waals surface area contributed by atoms with Gasteiger partial charge in [-0.25, -0.2) is 4.39 Å². The second kappa shape index (κ2) is 6.42. The fraction of sp³-hybridized carbons (Fsp3) is 0.200. The van der Waals surface area contributed by atoms with Crippen LogP contribution in [0, 0.1) is 5.82 Å². The third-order valence-corrected chi connectivity index (χ3v) is 4.21. The van der Waals surface area contributed by atoms with Crippen molar-refractivity contribution in [2.45, 2.75) is 29.2 Å². The second-order valence-electron chi connectivity index (χ2n) is 4.47. The summed E-state index contributed by atoms with van der Waals surface area (Å²) in [5.74, 6) is -0.245. The molecule has 0 aromatic heterocycles. The third kappa shape index (κ3) is 3.96. The third-order valence-electron chi connectivity index (χ3n) is 2.61. The van der Waals surface area contributed by atoms with E-state index in [2.05, 4.69) is 0 Å². The van der Waals surface area contributed by atoms with Gasteiger partial charge in [0.15, 0.2) is 0 Å². The highest BCUT2D eigenvalue weighted by atomic mass is 35.5. The summed E-state index contributed by atoms with van der Waals surface area (Å²) in [7, 11) is 0. The average molecular weight is 296 g/mol. The summed E-state index contributed by atoms with van der Waals surface area (Å²) in [6.07, 6.45) is 0.748. The van der Waals surface area contributed by atoms with E-state index in [0.29, 0.717) is 5.02 Å². The first-order valence-electron chi connectivity index (χ1n) is 6.02. The average Bonchev–Trinajstić information content (AvgIpc) is 2.33. The van der Waals surface area contributed by atoms with Gasteiger partial charge >= 0.3 is 0 Å². The summed E-state index contributed by atoms with van der Waals surface area (Å²) in [5.41, 5.74) is 6.94. The molecule has 0 fully saturated rings. The predicted molar refractivity (Wildman–Crippen MR) is 79.3 cm³/mol. The Bertz CT molecular complexity index is 572. The molecule has 0 saturated carbocycles. The molecule has 100 valence electrons. The van der Waals surface area contributed by atoms with E-state index in [0.717, 1.165) is 21.8 Å². The van der Waals surface area contributed by atoms with Crippen molar-refractivity contribution in [2.75, 3.05) is 0 Å². The fourth-order valence-corrected chi connectivity index (χ4v) is 3.14. The van der Waals surface area contributed by atoms with Crippen molar-refractivity contribution < 1.29 is 4.39 Å². The van der Waals surface area contributed by atoms with E-state index in [1.54, 1.807) is 6.07 Å². The zero-order chi connectivity index (χ0) is 13.8. The van der Waals surface area contributed by atoms with Gasteiger partial charge in [-0.1, -0.05) is 41.6 Å².